The standard InChI is InChI=1S/C22H22O7/c1-10-4-11(5-17(25-2)21(10)26-3)18-12-6-15-16(29-9-28-15)7-13(12)20(23)14-8-27-22(24)19(14)18/h4-7,14,18-20,23H,8-9H2,1-3H3/t14-,18+,19?,20-/m0/s1. The second-order valence-electron chi connectivity index (χ2n) is 7.65. The fourth-order valence-corrected chi connectivity index (χ4v) is 4.89. The van der Waals surface area contributed by atoms with Crippen LogP contribution in [0, 0.1) is 18.8 Å². The van der Waals surface area contributed by atoms with Crippen LogP contribution in [0.1, 0.15) is 34.3 Å². The number of carbonyl (C=O) groups excluding carboxylic acids is 1. The first-order chi connectivity index (χ1) is 14.0. The van der Waals surface area contributed by atoms with Gasteiger partial charge in [0.2, 0.25) is 6.79 Å². The Balaban J connectivity index is 1.74. The number of cyclic esters (lactones) is 1. The second kappa shape index (κ2) is 6.56. The molecule has 1 unspecified atom stereocenters. The molecule has 3 aliphatic rings. The summed E-state index contributed by atoms with van der Waals surface area (Å²) in [6.45, 7) is 2.28. The summed E-state index contributed by atoms with van der Waals surface area (Å²) in [7, 11) is 3.19. The molecule has 5 rings (SSSR count). The molecule has 7 nitrogen and oxygen atoms in total. The van der Waals surface area contributed by atoms with Crippen LogP contribution in [0.15, 0.2) is 24.3 Å². The van der Waals surface area contributed by atoms with Gasteiger partial charge in [-0.25, -0.2) is 0 Å². The predicted molar refractivity (Wildman–Crippen MR) is 102 cm³/mol. The fourth-order valence-electron chi connectivity index (χ4n) is 4.89. The van der Waals surface area contributed by atoms with Crippen LogP contribution in [0.3, 0.4) is 0 Å². The highest BCUT2D eigenvalue weighted by Crippen LogP contribution is 2.54. The normalized spacial score (nSPS) is 26.6. The zero-order chi connectivity index (χ0) is 20.3. The Labute approximate surface area is 168 Å². The summed E-state index contributed by atoms with van der Waals surface area (Å²) >= 11 is 0. The summed E-state index contributed by atoms with van der Waals surface area (Å²) in [6, 6.07) is 7.59. The number of aliphatic hydroxyl groups excluding tert-OH is 1. The maximum absolute atomic E-state index is 12.7. The first-order valence-corrected chi connectivity index (χ1v) is 9.54. The molecule has 1 fully saturated rings. The lowest BCUT2D eigenvalue weighted by atomic mass is 9.66. The van der Waals surface area contributed by atoms with Gasteiger partial charge in [0.1, 0.15) is 0 Å². The molecule has 1 N–H and O–H groups in total. The molecule has 2 aromatic rings. The van der Waals surface area contributed by atoms with Gasteiger partial charge < -0.3 is 28.8 Å². The van der Waals surface area contributed by atoms with Crippen molar-refractivity contribution < 1.29 is 33.6 Å². The topological polar surface area (TPSA) is 83.5 Å². The molecule has 0 bridgehead atoms. The van der Waals surface area contributed by atoms with Crippen LogP contribution in [0.5, 0.6) is 23.0 Å². The highest BCUT2D eigenvalue weighted by molar-refractivity contribution is 5.78. The number of benzene rings is 2. The SMILES string of the molecule is COc1cc([C@@H]2c3cc4c(cc3[C@H](O)[C@H]3COC(=O)C23)OCO4)cc(C)c1OC. The van der Waals surface area contributed by atoms with Gasteiger partial charge in [0.05, 0.1) is 32.8 Å². The summed E-state index contributed by atoms with van der Waals surface area (Å²) in [5.74, 6) is 1.06. The minimum Gasteiger partial charge on any atom is -0.493 e. The van der Waals surface area contributed by atoms with Gasteiger partial charge in [0.15, 0.2) is 23.0 Å². The third kappa shape index (κ3) is 2.57. The van der Waals surface area contributed by atoms with E-state index in [2.05, 4.69) is 0 Å². The van der Waals surface area contributed by atoms with E-state index < -0.39 is 12.0 Å². The lowest BCUT2D eigenvalue weighted by molar-refractivity contribution is -0.141. The highest BCUT2D eigenvalue weighted by atomic mass is 16.7. The van der Waals surface area contributed by atoms with Crippen LogP contribution in [0.2, 0.25) is 0 Å². The number of aliphatic hydroxyl groups is 1. The Bertz CT molecular complexity index is 999. The second-order valence-corrected chi connectivity index (χ2v) is 7.65. The van der Waals surface area contributed by atoms with Crippen molar-refractivity contribution in [2.75, 3.05) is 27.6 Å². The average molecular weight is 398 g/mol. The first-order valence-electron chi connectivity index (χ1n) is 9.54. The molecule has 2 aromatic carbocycles. The number of ether oxygens (including phenoxy) is 5. The Morgan fingerprint density at radius 3 is 2.41 bits per heavy atom. The van der Waals surface area contributed by atoms with Crippen molar-refractivity contribution in [2.45, 2.75) is 18.9 Å². The molecule has 0 spiro atoms. The zero-order valence-electron chi connectivity index (χ0n) is 16.4. The number of rotatable bonds is 3. The van der Waals surface area contributed by atoms with Crippen molar-refractivity contribution in [1.82, 2.24) is 0 Å². The maximum atomic E-state index is 12.7. The number of hydrogen-bond donors (Lipinski definition) is 1. The van der Waals surface area contributed by atoms with E-state index in [4.69, 9.17) is 23.7 Å². The van der Waals surface area contributed by atoms with Crippen molar-refractivity contribution in [2.24, 2.45) is 11.8 Å². The van der Waals surface area contributed by atoms with Gasteiger partial charge in [0.25, 0.3) is 0 Å². The summed E-state index contributed by atoms with van der Waals surface area (Å²) in [5.41, 5.74) is 3.39. The molecule has 1 aliphatic carbocycles. The molecule has 0 radical (unpaired) electrons. The van der Waals surface area contributed by atoms with Gasteiger partial charge in [-0.3, -0.25) is 4.79 Å². The molecule has 0 aromatic heterocycles. The van der Waals surface area contributed by atoms with Crippen molar-refractivity contribution >= 4 is 5.97 Å². The fraction of sp³-hybridized carbons (Fsp3) is 0.409. The largest absolute Gasteiger partial charge is 0.493 e. The highest BCUT2D eigenvalue weighted by Gasteiger charge is 2.52. The first kappa shape index (κ1) is 18.1. The molecule has 2 aliphatic heterocycles. The third-order valence-electron chi connectivity index (χ3n) is 6.19. The van der Waals surface area contributed by atoms with E-state index in [0.29, 0.717) is 23.0 Å². The molecule has 7 heteroatoms. The Hall–Kier alpha value is -2.93. The van der Waals surface area contributed by atoms with E-state index in [0.717, 1.165) is 22.3 Å². The molecule has 152 valence electrons. The zero-order valence-corrected chi connectivity index (χ0v) is 16.4. The van der Waals surface area contributed by atoms with Crippen molar-refractivity contribution in [3.8, 4) is 23.0 Å². The van der Waals surface area contributed by atoms with E-state index >= 15 is 0 Å². The van der Waals surface area contributed by atoms with Gasteiger partial charge in [-0.1, -0.05) is 6.07 Å². The molecule has 0 amide bonds. The van der Waals surface area contributed by atoms with Crippen molar-refractivity contribution in [3.05, 3.63) is 46.5 Å². The lowest BCUT2D eigenvalue weighted by Gasteiger charge is -2.37. The van der Waals surface area contributed by atoms with E-state index in [9.17, 15) is 9.90 Å². The van der Waals surface area contributed by atoms with E-state index in [-0.39, 0.29) is 31.2 Å². The Kier molecular flexibility index (Phi) is 4.10. The van der Waals surface area contributed by atoms with Crippen LogP contribution in [-0.4, -0.2) is 38.7 Å². The molecule has 4 atom stereocenters. The molecular weight excluding hydrogens is 376 g/mol. The summed E-state index contributed by atoms with van der Waals surface area (Å²) in [6.07, 6.45) is -0.812. The minimum absolute atomic E-state index is 0.142. The Morgan fingerprint density at radius 2 is 1.72 bits per heavy atom. The number of aryl methyl sites for hydroxylation is 1. The van der Waals surface area contributed by atoms with Gasteiger partial charge in [0, 0.05) is 11.8 Å². The van der Waals surface area contributed by atoms with Gasteiger partial charge in [-0.15, -0.1) is 0 Å². The summed E-state index contributed by atoms with van der Waals surface area (Å²) < 4.78 is 27.4. The molecule has 2 heterocycles. The molecule has 1 saturated heterocycles. The van der Waals surface area contributed by atoms with Crippen LogP contribution < -0.4 is 18.9 Å². The van der Waals surface area contributed by atoms with Crippen LogP contribution in [0.25, 0.3) is 0 Å². The minimum atomic E-state index is -0.812. The van der Waals surface area contributed by atoms with Gasteiger partial charge in [-0.2, -0.15) is 0 Å². The number of esters is 1. The van der Waals surface area contributed by atoms with E-state index in [1.807, 2.05) is 31.2 Å². The molecular formula is C22H22O7. The quantitative estimate of drug-likeness (QED) is 0.796. The van der Waals surface area contributed by atoms with Crippen molar-refractivity contribution in [1.29, 1.82) is 0 Å². The predicted octanol–water partition coefficient (Wildman–Crippen LogP) is 2.71. The van der Waals surface area contributed by atoms with Crippen LogP contribution in [0.4, 0.5) is 0 Å². The average Bonchev–Trinajstić information content (AvgIpc) is 3.33. The van der Waals surface area contributed by atoms with E-state index in [1.54, 1.807) is 14.2 Å². The van der Waals surface area contributed by atoms with Gasteiger partial charge in [-0.05, 0) is 47.4 Å². The molecule has 0 saturated carbocycles. The number of hydrogen-bond acceptors (Lipinski definition) is 7. The molecule has 29 heavy (non-hydrogen) atoms. The Morgan fingerprint density at radius 1 is 1.00 bits per heavy atom. The van der Waals surface area contributed by atoms with Crippen molar-refractivity contribution in [3.63, 3.8) is 0 Å². The monoisotopic (exact) mass is 398 g/mol. The summed E-state index contributed by atoms with van der Waals surface area (Å²) in [5, 5.41) is 11.0. The smallest absolute Gasteiger partial charge is 0.310 e. The van der Waals surface area contributed by atoms with E-state index in [1.165, 1.54) is 0 Å². The third-order valence-corrected chi connectivity index (χ3v) is 6.19. The maximum Gasteiger partial charge on any atom is 0.310 e. The van der Waals surface area contributed by atoms with Crippen LogP contribution >= 0.6 is 0 Å². The lowest BCUT2D eigenvalue weighted by Crippen LogP contribution is -2.34. The number of carbonyl (C=O) groups is 1. The van der Waals surface area contributed by atoms with Crippen LogP contribution in [-0.2, 0) is 9.53 Å². The summed E-state index contributed by atoms with van der Waals surface area (Å²) in [4.78, 5) is 12.7. The van der Waals surface area contributed by atoms with Gasteiger partial charge >= 0.3 is 5.97 Å². The number of methoxy groups -OCH3 is 2. The number of fused-ring (bicyclic) bond motifs is 3.